The molecule has 8 aliphatic rings. The first-order valence-electron chi connectivity index (χ1n) is 18.5. The first-order chi connectivity index (χ1) is 26.5. The molecule has 7 atom stereocenters. The molecule has 2 saturated heterocycles. The van der Waals surface area contributed by atoms with Crippen molar-refractivity contribution in [3.8, 4) is 17.2 Å². The summed E-state index contributed by atoms with van der Waals surface area (Å²) < 4.78 is 30.3. The number of Topliss-reactive ketones (excluding diaryl/α,β-unsaturated/α-hetero) is 2. The number of para-hydroxylation sites is 1. The molecule has 1 aromatic heterocycles. The summed E-state index contributed by atoms with van der Waals surface area (Å²) in [6, 6.07) is 5.12. The number of carbonyl (C=O) groups is 4. The fraction of sp³-hybridized carbons (Fsp3) is 0.450. The molecule has 11 rings (SSSR count). The van der Waals surface area contributed by atoms with Crippen LogP contribution in [0.5, 0.6) is 17.2 Å². The van der Waals surface area contributed by atoms with Crippen molar-refractivity contribution >= 4 is 46.2 Å². The fourth-order valence-corrected chi connectivity index (χ4v) is 12.1. The molecular formula is C40H40N4O10S. The van der Waals surface area contributed by atoms with Crippen molar-refractivity contribution in [2.45, 2.75) is 74.8 Å². The van der Waals surface area contributed by atoms with Gasteiger partial charge >= 0.3 is 11.9 Å². The number of hydrogen-bond acceptors (Lipinski definition) is 14. The molecule has 3 aromatic rings. The summed E-state index contributed by atoms with van der Waals surface area (Å²) in [5, 5.41) is 16.5. The fourth-order valence-electron chi connectivity index (χ4n) is 10.4. The van der Waals surface area contributed by atoms with Crippen LogP contribution >= 0.6 is 11.8 Å². The SMILES string of the molecule is COC1=C(C)C(=O)C2=C(C1=O)[C@@H]1C3[C@@H]4SC[C@]5(NCCc6c5[nH]c5ccccc65)C(=O)OC[C@H](c5c6c(c(C)c(OC(C)=O)c54)OCO6)N3[C@@H](O)[C@@H](C2)N1C. The lowest BCUT2D eigenvalue weighted by Gasteiger charge is -2.62. The third kappa shape index (κ3) is 4.52. The molecule has 3 N–H and O–H groups in total. The topological polar surface area (TPSA) is 169 Å². The van der Waals surface area contributed by atoms with E-state index in [1.807, 2.05) is 48.0 Å². The quantitative estimate of drug-likeness (QED) is 0.198. The number of aliphatic hydroxyl groups is 1. The van der Waals surface area contributed by atoms with Gasteiger partial charge in [0.1, 0.15) is 18.6 Å². The number of thioether (sulfide) groups is 1. The second-order valence-corrected chi connectivity index (χ2v) is 16.5. The zero-order valence-corrected chi connectivity index (χ0v) is 31.8. The van der Waals surface area contributed by atoms with Gasteiger partial charge in [0.15, 0.2) is 28.6 Å². The molecule has 1 aliphatic carbocycles. The van der Waals surface area contributed by atoms with Gasteiger partial charge < -0.3 is 33.8 Å². The minimum atomic E-state index is -1.30. The van der Waals surface area contributed by atoms with E-state index in [9.17, 15) is 24.3 Å². The van der Waals surface area contributed by atoms with Crippen LogP contribution in [0, 0.1) is 6.92 Å². The molecule has 0 saturated carbocycles. The van der Waals surface area contributed by atoms with Crippen molar-refractivity contribution < 1.29 is 48.0 Å². The molecular weight excluding hydrogens is 729 g/mol. The number of carbonyl (C=O) groups excluding carboxylic acids is 4. The monoisotopic (exact) mass is 768 g/mol. The van der Waals surface area contributed by atoms with Crippen LogP contribution in [0.1, 0.15) is 59.5 Å². The number of rotatable bonds is 2. The number of benzene rings is 2. The van der Waals surface area contributed by atoms with E-state index < -0.39 is 53.1 Å². The van der Waals surface area contributed by atoms with Crippen molar-refractivity contribution in [3.05, 3.63) is 74.7 Å². The number of ether oxygens (including phenoxy) is 5. The number of hydrogen-bond donors (Lipinski definition) is 3. The number of likely N-dealkylation sites (N-methyl/N-ethyl adjacent to an activating group) is 1. The van der Waals surface area contributed by atoms with Crippen molar-refractivity contribution in [1.82, 2.24) is 20.1 Å². The highest BCUT2D eigenvalue weighted by Crippen LogP contribution is 2.62. The van der Waals surface area contributed by atoms with Gasteiger partial charge in [0.05, 0.1) is 36.2 Å². The summed E-state index contributed by atoms with van der Waals surface area (Å²) >= 11 is 1.45. The highest BCUT2D eigenvalue weighted by Gasteiger charge is 2.63. The largest absolute Gasteiger partial charge is 0.492 e. The predicted octanol–water partition coefficient (Wildman–Crippen LogP) is 3.00. The third-order valence-corrected chi connectivity index (χ3v) is 14.2. The first-order valence-corrected chi connectivity index (χ1v) is 19.6. The first kappa shape index (κ1) is 34.8. The number of nitrogens with zero attached hydrogens (tertiary/aromatic N) is 2. The van der Waals surface area contributed by atoms with E-state index in [2.05, 4.69) is 10.3 Å². The zero-order chi connectivity index (χ0) is 38.2. The van der Waals surface area contributed by atoms with Crippen molar-refractivity contribution in [2.24, 2.45) is 0 Å². The second-order valence-electron chi connectivity index (χ2n) is 15.3. The molecule has 7 aliphatic heterocycles. The van der Waals surface area contributed by atoms with Gasteiger partial charge in [-0.25, -0.2) is 4.79 Å². The summed E-state index contributed by atoms with van der Waals surface area (Å²) in [5.74, 6) is -0.372. The van der Waals surface area contributed by atoms with E-state index in [0.717, 1.165) is 22.2 Å². The lowest BCUT2D eigenvalue weighted by atomic mass is 9.70. The van der Waals surface area contributed by atoms with Gasteiger partial charge in [-0.15, -0.1) is 11.8 Å². The smallest absolute Gasteiger partial charge is 0.333 e. The molecule has 14 nitrogen and oxygen atoms in total. The summed E-state index contributed by atoms with van der Waals surface area (Å²) in [7, 11) is 3.26. The lowest BCUT2D eigenvalue weighted by Crippen LogP contribution is -2.73. The van der Waals surface area contributed by atoms with Crippen LogP contribution in [0.15, 0.2) is 46.7 Å². The van der Waals surface area contributed by atoms with Crippen molar-refractivity contribution in [3.63, 3.8) is 0 Å². The number of allylic oxidation sites excluding steroid dienone is 2. The number of methoxy groups -OCH3 is 1. The van der Waals surface area contributed by atoms with Crippen LogP contribution < -0.4 is 19.5 Å². The zero-order valence-electron chi connectivity index (χ0n) is 30.9. The number of esters is 2. The summed E-state index contributed by atoms with van der Waals surface area (Å²) in [6.07, 6.45) is -0.343. The molecule has 2 aromatic carbocycles. The summed E-state index contributed by atoms with van der Waals surface area (Å²) in [4.78, 5) is 63.7. The molecule has 0 amide bonds. The summed E-state index contributed by atoms with van der Waals surface area (Å²) in [5.41, 5.74) is 4.09. The molecule has 15 heteroatoms. The average molecular weight is 769 g/mol. The molecule has 55 heavy (non-hydrogen) atoms. The van der Waals surface area contributed by atoms with Gasteiger partial charge in [0, 0.05) is 69.6 Å². The van der Waals surface area contributed by atoms with E-state index in [1.54, 1.807) is 6.92 Å². The minimum Gasteiger partial charge on any atom is -0.492 e. The van der Waals surface area contributed by atoms with E-state index >= 15 is 0 Å². The highest BCUT2D eigenvalue weighted by molar-refractivity contribution is 7.99. The molecule has 1 spiro atoms. The van der Waals surface area contributed by atoms with E-state index in [0.29, 0.717) is 58.1 Å². The second kappa shape index (κ2) is 12.2. The van der Waals surface area contributed by atoms with Crippen LogP contribution in [-0.4, -0.2) is 108 Å². The van der Waals surface area contributed by atoms with Gasteiger partial charge in [-0.3, -0.25) is 29.5 Å². The highest BCUT2D eigenvalue weighted by atomic mass is 32.2. The number of H-pyrrole nitrogens is 1. The molecule has 4 bridgehead atoms. The maximum Gasteiger partial charge on any atom is 0.333 e. The van der Waals surface area contributed by atoms with Crippen molar-refractivity contribution in [1.29, 1.82) is 0 Å². The number of fused-ring (bicyclic) bond motifs is 10. The molecule has 286 valence electrons. The minimum absolute atomic E-state index is 0.00297. The number of ketones is 2. The Balaban J connectivity index is 1.23. The van der Waals surface area contributed by atoms with Crippen molar-refractivity contribution in [2.75, 3.05) is 39.9 Å². The summed E-state index contributed by atoms with van der Waals surface area (Å²) in [6.45, 7) is 4.97. The van der Waals surface area contributed by atoms with Gasteiger partial charge in [-0.05, 0) is 45.4 Å². The Kier molecular flexibility index (Phi) is 7.69. The Labute approximate surface area is 320 Å². The Bertz CT molecular complexity index is 2350. The Morgan fingerprint density at radius 1 is 1.07 bits per heavy atom. The number of aromatic amines is 1. The molecule has 2 fully saturated rings. The lowest BCUT2D eigenvalue weighted by molar-refractivity contribution is -0.181. The maximum absolute atomic E-state index is 14.8. The van der Waals surface area contributed by atoms with Crippen LogP contribution in [0.25, 0.3) is 10.9 Å². The molecule has 1 unspecified atom stereocenters. The standard InChI is InChI=1S/C40H40N4O10S/c1-16-30(46)21-12-23-38(48)44-24-13-51-39(49)40(37-20(10-11-41-40)19-8-6-7-9-22(19)42-37)14-55-36(29(44)28(43(23)4)25(21)31(47)33(16)50-5)27-26(24)35-34(52-15-53-35)17(2)32(27)54-18(3)45/h6-9,23-24,28-29,36,38,41-42,48H,10-15H2,1-5H3/t23-,24-,28-,29?,36-,38+,40-/m1/s1. The number of piperazine rings is 1. The normalized spacial score (nSPS) is 31.3. The number of nitrogens with one attached hydrogen (secondary N) is 2. The third-order valence-electron chi connectivity index (χ3n) is 12.8. The Morgan fingerprint density at radius 3 is 2.64 bits per heavy atom. The average Bonchev–Trinajstić information content (AvgIpc) is 3.82. The van der Waals surface area contributed by atoms with Gasteiger partial charge in [-0.2, -0.15) is 0 Å². The number of aromatic nitrogens is 1. The Morgan fingerprint density at radius 2 is 1.85 bits per heavy atom. The van der Waals surface area contributed by atoms with Crippen LogP contribution in [0.3, 0.4) is 0 Å². The van der Waals surface area contributed by atoms with Crippen LogP contribution in [-0.2, 0) is 40.6 Å². The predicted molar refractivity (Wildman–Crippen MR) is 198 cm³/mol. The van der Waals surface area contributed by atoms with Gasteiger partial charge in [0.2, 0.25) is 12.6 Å². The van der Waals surface area contributed by atoms with E-state index in [4.69, 9.17) is 23.7 Å². The Hall–Kier alpha value is -4.67. The van der Waals surface area contributed by atoms with Crippen LogP contribution in [0.2, 0.25) is 0 Å². The van der Waals surface area contributed by atoms with Gasteiger partial charge in [0.25, 0.3) is 0 Å². The molecule has 8 heterocycles. The number of aliphatic hydroxyl groups excluding tert-OH is 1. The maximum atomic E-state index is 14.8. The van der Waals surface area contributed by atoms with Crippen LogP contribution in [0.4, 0.5) is 0 Å². The van der Waals surface area contributed by atoms with Gasteiger partial charge in [-0.1, -0.05) is 18.2 Å². The van der Waals surface area contributed by atoms with E-state index in [1.165, 1.54) is 25.8 Å². The van der Waals surface area contributed by atoms with E-state index in [-0.39, 0.29) is 48.5 Å². The molecule has 0 radical (unpaired) electrons.